The van der Waals surface area contributed by atoms with Crippen molar-refractivity contribution in [1.82, 2.24) is 0 Å². The van der Waals surface area contributed by atoms with Gasteiger partial charge in [-0.1, -0.05) is 40.0 Å². The van der Waals surface area contributed by atoms with E-state index in [9.17, 15) is 0 Å². The third-order valence-electron chi connectivity index (χ3n) is 2.87. The maximum Gasteiger partial charge on any atom is 0.151 e. The third kappa shape index (κ3) is 3.21. The molecule has 2 heteroatoms. The molecule has 0 heterocycles. The smallest absolute Gasteiger partial charge is 0.151 e. The highest BCUT2D eigenvalue weighted by Gasteiger charge is 2.25. The van der Waals surface area contributed by atoms with Gasteiger partial charge >= 0.3 is 0 Å². The molecule has 0 rings (SSSR count). The Hall–Kier alpha value is -0.0800. The molecule has 0 radical (unpaired) electrons. The average molecular weight is 160 g/mol. The van der Waals surface area contributed by atoms with Crippen LogP contribution >= 0.6 is 0 Å². The van der Waals surface area contributed by atoms with Gasteiger partial charge in [-0.05, 0) is 5.41 Å². The number of hydrogen-bond donors (Lipinski definition) is 2. The number of rotatable bonds is 5. The molecular weight excluding hydrogens is 140 g/mol. The molecule has 0 amide bonds. The van der Waals surface area contributed by atoms with Crippen LogP contribution in [0.25, 0.3) is 0 Å². The second-order valence-corrected chi connectivity index (χ2v) is 3.25. The van der Waals surface area contributed by atoms with Crippen molar-refractivity contribution in [3.63, 3.8) is 0 Å². The van der Waals surface area contributed by atoms with Crippen LogP contribution in [-0.2, 0) is 0 Å². The minimum atomic E-state index is -1.14. The topological polar surface area (TPSA) is 40.5 Å². The fourth-order valence-electron chi connectivity index (χ4n) is 1.57. The number of aliphatic hydroxyl groups excluding tert-OH is 1. The molecule has 0 saturated heterocycles. The van der Waals surface area contributed by atoms with E-state index in [0.29, 0.717) is 6.42 Å². The predicted molar refractivity (Wildman–Crippen MR) is 46.1 cm³/mol. The van der Waals surface area contributed by atoms with Crippen LogP contribution in [0.3, 0.4) is 0 Å². The van der Waals surface area contributed by atoms with Gasteiger partial charge in [0.1, 0.15) is 0 Å². The summed E-state index contributed by atoms with van der Waals surface area (Å²) < 4.78 is 0. The van der Waals surface area contributed by atoms with E-state index in [1.165, 1.54) is 0 Å². The maximum atomic E-state index is 8.84. The largest absolute Gasteiger partial charge is 0.368 e. The van der Waals surface area contributed by atoms with E-state index in [-0.39, 0.29) is 5.41 Å². The van der Waals surface area contributed by atoms with E-state index in [2.05, 4.69) is 20.8 Å². The Bertz CT molecular complexity index is 87.5. The summed E-state index contributed by atoms with van der Waals surface area (Å²) in [5.41, 5.74) is 0.147. The summed E-state index contributed by atoms with van der Waals surface area (Å²) in [5.74, 6) is 0. The zero-order chi connectivity index (χ0) is 8.91. The molecule has 0 aliphatic rings. The Labute approximate surface area is 69.2 Å². The highest BCUT2D eigenvalue weighted by atomic mass is 16.5. The van der Waals surface area contributed by atoms with E-state index >= 15 is 0 Å². The van der Waals surface area contributed by atoms with Crippen LogP contribution in [-0.4, -0.2) is 16.5 Å². The van der Waals surface area contributed by atoms with Crippen molar-refractivity contribution in [2.24, 2.45) is 5.41 Å². The first kappa shape index (κ1) is 10.9. The summed E-state index contributed by atoms with van der Waals surface area (Å²) in [5, 5.41) is 17.7. The molecule has 0 aliphatic heterocycles. The normalized spacial score (nSPS) is 12.5. The first-order chi connectivity index (χ1) is 5.10. The minimum Gasteiger partial charge on any atom is -0.368 e. The van der Waals surface area contributed by atoms with Crippen LogP contribution in [0.5, 0.6) is 0 Å². The second-order valence-electron chi connectivity index (χ2n) is 3.25. The van der Waals surface area contributed by atoms with Gasteiger partial charge < -0.3 is 10.2 Å². The fourth-order valence-corrected chi connectivity index (χ4v) is 1.57. The minimum absolute atomic E-state index is 0.147. The quantitative estimate of drug-likeness (QED) is 0.603. The molecule has 0 unspecified atom stereocenters. The van der Waals surface area contributed by atoms with Crippen LogP contribution in [0.2, 0.25) is 0 Å². The standard InChI is InChI=1S/C9H20O2/c1-4-9(5-2,6-3)7-8(10)11/h8,10-11H,4-7H2,1-3H3. The van der Waals surface area contributed by atoms with E-state index in [4.69, 9.17) is 10.2 Å². The molecule has 0 fully saturated rings. The fraction of sp³-hybridized carbons (Fsp3) is 1.00. The summed E-state index contributed by atoms with van der Waals surface area (Å²) in [6, 6.07) is 0. The summed E-state index contributed by atoms with van der Waals surface area (Å²) in [4.78, 5) is 0. The molecule has 2 N–H and O–H groups in total. The summed E-state index contributed by atoms with van der Waals surface area (Å²) >= 11 is 0. The predicted octanol–water partition coefficient (Wildman–Crippen LogP) is 1.90. The lowest BCUT2D eigenvalue weighted by molar-refractivity contribution is -0.0754. The van der Waals surface area contributed by atoms with E-state index < -0.39 is 6.29 Å². The van der Waals surface area contributed by atoms with Crippen molar-refractivity contribution in [2.45, 2.75) is 52.7 Å². The zero-order valence-corrected chi connectivity index (χ0v) is 7.80. The van der Waals surface area contributed by atoms with Crippen LogP contribution in [0.15, 0.2) is 0 Å². The highest BCUT2D eigenvalue weighted by molar-refractivity contribution is 4.75. The van der Waals surface area contributed by atoms with Crippen molar-refractivity contribution in [3.8, 4) is 0 Å². The van der Waals surface area contributed by atoms with Gasteiger partial charge in [0, 0.05) is 6.42 Å². The molecule has 0 aromatic rings. The van der Waals surface area contributed by atoms with Crippen molar-refractivity contribution >= 4 is 0 Å². The third-order valence-corrected chi connectivity index (χ3v) is 2.87. The Balaban J connectivity index is 4.05. The highest BCUT2D eigenvalue weighted by Crippen LogP contribution is 2.34. The van der Waals surface area contributed by atoms with Gasteiger partial charge in [-0.25, -0.2) is 0 Å². The van der Waals surface area contributed by atoms with Crippen LogP contribution in [0, 0.1) is 5.41 Å². The zero-order valence-electron chi connectivity index (χ0n) is 7.80. The van der Waals surface area contributed by atoms with Gasteiger partial charge in [-0.2, -0.15) is 0 Å². The molecule has 0 aromatic heterocycles. The van der Waals surface area contributed by atoms with Gasteiger partial charge in [0.15, 0.2) is 6.29 Å². The Morgan fingerprint density at radius 1 is 1.00 bits per heavy atom. The van der Waals surface area contributed by atoms with E-state index in [0.717, 1.165) is 19.3 Å². The molecule has 0 aromatic carbocycles. The van der Waals surface area contributed by atoms with Gasteiger partial charge in [-0.15, -0.1) is 0 Å². The van der Waals surface area contributed by atoms with Gasteiger partial charge in [-0.3, -0.25) is 0 Å². The van der Waals surface area contributed by atoms with Crippen molar-refractivity contribution in [2.75, 3.05) is 0 Å². The van der Waals surface area contributed by atoms with Crippen molar-refractivity contribution < 1.29 is 10.2 Å². The average Bonchev–Trinajstić information content (AvgIpc) is 2.00. The van der Waals surface area contributed by atoms with Crippen molar-refractivity contribution in [1.29, 1.82) is 0 Å². The molecule has 0 atom stereocenters. The molecule has 68 valence electrons. The van der Waals surface area contributed by atoms with Gasteiger partial charge in [0.05, 0.1) is 0 Å². The van der Waals surface area contributed by atoms with Crippen LogP contribution in [0.4, 0.5) is 0 Å². The lowest BCUT2D eigenvalue weighted by Crippen LogP contribution is -2.24. The second kappa shape index (κ2) is 4.73. The molecule has 2 nitrogen and oxygen atoms in total. The SMILES string of the molecule is CCC(CC)(CC)CC(O)O. The molecule has 0 bridgehead atoms. The van der Waals surface area contributed by atoms with E-state index in [1.807, 2.05) is 0 Å². The maximum absolute atomic E-state index is 8.84. The van der Waals surface area contributed by atoms with Crippen LogP contribution < -0.4 is 0 Å². The molecule has 0 saturated carbocycles. The van der Waals surface area contributed by atoms with Gasteiger partial charge in [0.2, 0.25) is 0 Å². The number of aliphatic hydroxyl groups is 2. The van der Waals surface area contributed by atoms with Crippen LogP contribution in [0.1, 0.15) is 46.5 Å². The Morgan fingerprint density at radius 3 is 1.45 bits per heavy atom. The summed E-state index contributed by atoms with van der Waals surface area (Å²) in [6.45, 7) is 6.32. The number of hydrogen-bond acceptors (Lipinski definition) is 2. The Morgan fingerprint density at radius 2 is 1.36 bits per heavy atom. The first-order valence-electron chi connectivity index (χ1n) is 4.46. The molecule has 11 heavy (non-hydrogen) atoms. The molecular formula is C9H20O2. The van der Waals surface area contributed by atoms with E-state index in [1.54, 1.807) is 0 Å². The summed E-state index contributed by atoms with van der Waals surface area (Å²) in [6.07, 6.45) is 2.44. The summed E-state index contributed by atoms with van der Waals surface area (Å²) in [7, 11) is 0. The van der Waals surface area contributed by atoms with Crippen molar-refractivity contribution in [3.05, 3.63) is 0 Å². The monoisotopic (exact) mass is 160 g/mol. The molecule has 0 aliphatic carbocycles. The first-order valence-corrected chi connectivity index (χ1v) is 4.46. The van der Waals surface area contributed by atoms with Gasteiger partial charge in [0.25, 0.3) is 0 Å². The molecule has 0 spiro atoms. The Kier molecular flexibility index (Phi) is 4.69. The lowest BCUT2D eigenvalue weighted by Gasteiger charge is -2.30. The lowest BCUT2D eigenvalue weighted by atomic mass is 9.77.